The summed E-state index contributed by atoms with van der Waals surface area (Å²) in [5.41, 5.74) is 7.10. The Morgan fingerprint density at radius 3 is 2.83 bits per heavy atom. The van der Waals surface area contributed by atoms with Crippen molar-refractivity contribution in [3.63, 3.8) is 0 Å². The molecule has 1 aromatic heterocycles. The molecule has 120 valence electrons. The molecule has 0 saturated carbocycles. The molecule has 3 N–H and O–H groups in total. The molecule has 2 heterocycles. The van der Waals surface area contributed by atoms with Crippen LogP contribution in [-0.2, 0) is 0 Å². The van der Waals surface area contributed by atoms with Gasteiger partial charge in [-0.1, -0.05) is 23.2 Å². The maximum Gasteiger partial charge on any atom is 0.257 e. The number of likely N-dealkylation sites (tertiary alicyclic amines) is 1. The number of aromatic nitrogens is 1. The van der Waals surface area contributed by atoms with E-state index in [9.17, 15) is 4.79 Å². The number of amides is 1. The first kappa shape index (κ1) is 16.1. The molecule has 1 aromatic carbocycles. The van der Waals surface area contributed by atoms with Gasteiger partial charge >= 0.3 is 0 Å². The number of hydrogen-bond acceptors (Lipinski definition) is 4. The Balaban J connectivity index is 1.85. The average Bonchev–Trinajstić information content (AvgIpc) is 2.97. The van der Waals surface area contributed by atoms with Crippen molar-refractivity contribution >= 4 is 40.6 Å². The fourth-order valence-electron chi connectivity index (χ4n) is 2.53. The Labute approximate surface area is 144 Å². The highest BCUT2D eigenvalue weighted by molar-refractivity contribution is 6.42. The van der Waals surface area contributed by atoms with Crippen LogP contribution in [0.4, 0.5) is 11.5 Å². The summed E-state index contributed by atoms with van der Waals surface area (Å²) in [6, 6.07) is 8.70. The molecule has 5 nitrogen and oxygen atoms in total. The lowest BCUT2D eigenvalue weighted by Crippen LogP contribution is -2.32. The summed E-state index contributed by atoms with van der Waals surface area (Å²) < 4.78 is 0. The van der Waals surface area contributed by atoms with Gasteiger partial charge in [-0.3, -0.25) is 4.79 Å². The average molecular weight is 351 g/mol. The predicted octanol–water partition coefficient (Wildman–Crippen LogP) is 3.31. The van der Waals surface area contributed by atoms with Gasteiger partial charge in [0.2, 0.25) is 0 Å². The second-order valence-corrected chi connectivity index (χ2v) is 6.27. The summed E-state index contributed by atoms with van der Waals surface area (Å²) in [6.07, 6.45) is 2.45. The summed E-state index contributed by atoms with van der Waals surface area (Å²) in [5, 5.41) is 4.03. The molecule has 23 heavy (non-hydrogen) atoms. The van der Waals surface area contributed by atoms with E-state index < -0.39 is 0 Å². The number of nitrogens with one attached hydrogen (secondary N) is 1. The van der Waals surface area contributed by atoms with Crippen LogP contribution in [-0.4, -0.2) is 34.9 Å². The lowest BCUT2D eigenvalue weighted by atomic mass is 10.2. The van der Waals surface area contributed by atoms with Crippen molar-refractivity contribution in [3.8, 4) is 0 Å². The number of rotatable bonds is 3. The van der Waals surface area contributed by atoms with E-state index in [0.29, 0.717) is 40.2 Å². The van der Waals surface area contributed by atoms with Crippen LogP contribution in [0.2, 0.25) is 10.0 Å². The highest BCUT2D eigenvalue weighted by atomic mass is 35.5. The number of halogens is 2. The number of nitrogens with two attached hydrogens (primary N) is 1. The van der Waals surface area contributed by atoms with Crippen LogP contribution in [0.3, 0.4) is 0 Å². The van der Waals surface area contributed by atoms with Crippen LogP contribution in [0.1, 0.15) is 16.8 Å². The molecule has 0 unspecified atom stereocenters. The third-order valence-corrected chi connectivity index (χ3v) is 4.47. The van der Waals surface area contributed by atoms with Gasteiger partial charge in [-0.2, -0.15) is 0 Å². The van der Waals surface area contributed by atoms with Gasteiger partial charge < -0.3 is 16.0 Å². The van der Waals surface area contributed by atoms with E-state index in [-0.39, 0.29) is 11.9 Å². The number of anilines is 2. The summed E-state index contributed by atoms with van der Waals surface area (Å²) in [6.45, 7) is 1.24. The largest absolute Gasteiger partial charge is 0.340 e. The van der Waals surface area contributed by atoms with Crippen molar-refractivity contribution in [2.45, 2.75) is 12.5 Å². The molecule has 1 saturated heterocycles. The molecular formula is C16H16Cl2N4O. The third kappa shape index (κ3) is 3.58. The number of pyridine rings is 1. The minimum absolute atomic E-state index is 0.0436. The van der Waals surface area contributed by atoms with Crippen molar-refractivity contribution in [3.05, 3.63) is 52.1 Å². The number of carbonyl (C=O) groups excluding carboxylic acids is 1. The molecule has 2 aromatic rings. The van der Waals surface area contributed by atoms with Crippen molar-refractivity contribution in [2.75, 3.05) is 18.4 Å². The smallest absolute Gasteiger partial charge is 0.257 e. The van der Waals surface area contributed by atoms with Crippen molar-refractivity contribution in [2.24, 2.45) is 5.73 Å². The first-order valence-electron chi connectivity index (χ1n) is 7.26. The van der Waals surface area contributed by atoms with Crippen LogP contribution in [0.25, 0.3) is 0 Å². The normalized spacial score (nSPS) is 17.3. The maximum absolute atomic E-state index is 12.7. The van der Waals surface area contributed by atoms with Gasteiger partial charge in [0.05, 0.1) is 15.6 Å². The summed E-state index contributed by atoms with van der Waals surface area (Å²) in [4.78, 5) is 18.7. The fraction of sp³-hybridized carbons (Fsp3) is 0.250. The molecular weight excluding hydrogens is 335 g/mol. The van der Waals surface area contributed by atoms with E-state index >= 15 is 0 Å². The lowest BCUT2D eigenvalue weighted by Gasteiger charge is -2.18. The zero-order valence-corrected chi connectivity index (χ0v) is 13.8. The second kappa shape index (κ2) is 6.74. The first-order chi connectivity index (χ1) is 11.0. The van der Waals surface area contributed by atoms with Crippen molar-refractivity contribution in [1.82, 2.24) is 9.88 Å². The number of carbonyl (C=O) groups is 1. The van der Waals surface area contributed by atoms with E-state index in [1.54, 1.807) is 41.4 Å². The molecule has 0 bridgehead atoms. The van der Waals surface area contributed by atoms with E-state index in [1.807, 2.05) is 0 Å². The molecule has 1 aliphatic heterocycles. The molecule has 1 amide bonds. The van der Waals surface area contributed by atoms with E-state index in [2.05, 4.69) is 10.3 Å². The Kier molecular flexibility index (Phi) is 4.71. The van der Waals surface area contributed by atoms with Crippen molar-refractivity contribution < 1.29 is 4.79 Å². The predicted molar refractivity (Wildman–Crippen MR) is 92.5 cm³/mol. The maximum atomic E-state index is 12.7. The summed E-state index contributed by atoms with van der Waals surface area (Å²) >= 11 is 11.9. The summed E-state index contributed by atoms with van der Waals surface area (Å²) in [5.74, 6) is 0.407. The molecule has 7 heteroatoms. The zero-order chi connectivity index (χ0) is 16.4. The van der Waals surface area contributed by atoms with Crippen LogP contribution >= 0.6 is 23.2 Å². The van der Waals surface area contributed by atoms with E-state index in [0.717, 1.165) is 6.42 Å². The fourth-order valence-corrected chi connectivity index (χ4v) is 2.83. The van der Waals surface area contributed by atoms with Gasteiger partial charge in [0, 0.05) is 31.0 Å². The number of hydrogen-bond donors (Lipinski definition) is 2. The minimum Gasteiger partial charge on any atom is -0.340 e. The first-order valence-corrected chi connectivity index (χ1v) is 8.02. The van der Waals surface area contributed by atoms with Gasteiger partial charge in [0.1, 0.15) is 5.82 Å². The quantitative estimate of drug-likeness (QED) is 0.890. The molecule has 0 radical (unpaired) electrons. The molecule has 1 aliphatic rings. The monoisotopic (exact) mass is 350 g/mol. The molecule has 0 spiro atoms. The highest BCUT2D eigenvalue weighted by Crippen LogP contribution is 2.28. The molecule has 0 aliphatic carbocycles. The molecule has 1 atom stereocenters. The Bertz CT molecular complexity index is 738. The van der Waals surface area contributed by atoms with Crippen molar-refractivity contribution in [1.29, 1.82) is 0 Å². The van der Waals surface area contributed by atoms with Gasteiger partial charge in [-0.05, 0) is 36.8 Å². The van der Waals surface area contributed by atoms with Crippen LogP contribution in [0.15, 0.2) is 36.5 Å². The Morgan fingerprint density at radius 2 is 2.13 bits per heavy atom. The highest BCUT2D eigenvalue weighted by Gasteiger charge is 2.26. The van der Waals surface area contributed by atoms with E-state index in [4.69, 9.17) is 28.9 Å². The van der Waals surface area contributed by atoms with Crippen LogP contribution in [0.5, 0.6) is 0 Å². The Morgan fingerprint density at radius 1 is 1.30 bits per heavy atom. The van der Waals surface area contributed by atoms with Crippen LogP contribution < -0.4 is 11.1 Å². The zero-order valence-electron chi connectivity index (χ0n) is 12.3. The minimum atomic E-state index is -0.0754. The van der Waals surface area contributed by atoms with Crippen LogP contribution in [0, 0.1) is 0 Å². The van der Waals surface area contributed by atoms with Gasteiger partial charge in [-0.25, -0.2) is 4.98 Å². The number of nitrogens with zero attached hydrogens (tertiary/aromatic N) is 2. The lowest BCUT2D eigenvalue weighted by molar-refractivity contribution is 0.0791. The Hall–Kier alpha value is -1.82. The van der Waals surface area contributed by atoms with Gasteiger partial charge in [-0.15, -0.1) is 0 Å². The summed E-state index contributed by atoms with van der Waals surface area (Å²) in [7, 11) is 0. The van der Waals surface area contributed by atoms with Gasteiger partial charge in [0.25, 0.3) is 5.91 Å². The van der Waals surface area contributed by atoms with Gasteiger partial charge in [0.15, 0.2) is 0 Å². The van der Waals surface area contributed by atoms with E-state index in [1.165, 1.54) is 0 Å². The third-order valence-electron chi connectivity index (χ3n) is 3.73. The SMILES string of the molecule is N[C@H]1CCN(C(=O)c2cccnc2Nc2ccc(Cl)c(Cl)c2)C1. The number of benzene rings is 1. The molecule has 3 rings (SSSR count). The standard InChI is InChI=1S/C16H16Cl2N4O/c17-13-4-3-11(8-14(13)18)21-15-12(2-1-6-20-15)16(23)22-7-5-10(19)9-22/h1-4,6,8,10H,5,7,9,19H2,(H,20,21)/t10-/m0/s1. The molecule has 1 fully saturated rings. The topological polar surface area (TPSA) is 71.2 Å². The second-order valence-electron chi connectivity index (χ2n) is 5.45.